The molecule has 4 aromatic rings. The highest BCUT2D eigenvalue weighted by Crippen LogP contribution is 2.22. The van der Waals surface area contributed by atoms with E-state index in [1.807, 2.05) is 13.0 Å². The van der Waals surface area contributed by atoms with Gasteiger partial charge in [0.05, 0.1) is 10.9 Å². The minimum absolute atomic E-state index is 0.286. The van der Waals surface area contributed by atoms with E-state index >= 15 is 0 Å². The van der Waals surface area contributed by atoms with Crippen molar-refractivity contribution in [3.05, 3.63) is 63.4 Å². The molecule has 3 aromatic heterocycles. The average Bonchev–Trinajstić information content (AvgIpc) is 3.18. The smallest absolute Gasteiger partial charge is 0.328 e. The number of benzene rings is 1. The third kappa shape index (κ3) is 3.17. The summed E-state index contributed by atoms with van der Waals surface area (Å²) >= 11 is 0. The predicted octanol–water partition coefficient (Wildman–Crippen LogP) is 2.60. The van der Waals surface area contributed by atoms with Gasteiger partial charge in [-0.3, -0.25) is 14.3 Å². The molecular weight excluding hydrogens is 346 g/mol. The number of fused-ring (bicyclic) bond motifs is 1. The van der Waals surface area contributed by atoms with Gasteiger partial charge in [0.1, 0.15) is 5.69 Å². The van der Waals surface area contributed by atoms with Crippen LogP contribution in [0.15, 0.2) is 56.7 Å². The second-order valence-electron chi connectivity index (χ2n) is 6.14. The van der Waals surface area contributed by atoms with Crippen LogP contribution in [0, 0.1) is 0 Å². The summed E-state index contributed by atoms with van der Waals surface area (Å²) in [7, 11) is 0. The van der Waals surface area contributed by atoms with Crippen molar-refractivity contribution in [2.24, 2.45) is 0 Å². The number of hydrogen-bond donors (Lipinski definition) is 1. The molecule has 0 unspecified atom stereocenters. The normalized spacial score (nSPS) is 11.1. The molecule has 0 saturated heterocycles. The van der Waals surface area contributed by atoms with Crippen molar-refractivity contribution in [1.29, 1.82) is 0 Å². The van der Waals surface area contributed by atoms with Crippen LogP contribution in [0.1, 0.15) is 19.8 Å². The summed E-state index contributed by atoms with van der Waals surface area (Å²) in [6, 6.07) is 10.5. The minimum atomic E-state index is -0.419. The maximum absolute atomic E-state index is 12.6. The van der Waals surface area contributed by atoms with Crippen LogP contribution >= 0.6 is 0 Å². The number of nitrogens with one attached hydrogen (secondary N) is 1. The third-order valence-corrected chi connectivity index (χ3v) is 4.28. The highest BCUT2D eigenvalue weighted by atomic mass is 16.5. The molecule has 0 radical (unpaired) electrons. The lowest BCUT2D eigenvalue weighted by atomic mass is 10.1. The highest BCUT2D eigenvalue weighted by molar-refractivity contribution is 5.82. The van der Waals surface area contributed by atoms with Gasteiger partial charge in [0.15, 0.2) is 0 Å². The Labute approximate surface area is 153 Å². The van der Waals surface area contributed by atoms with Crippen LogP contribution in [0.3, 0.4) is 0 Å². The molecule has 27 heavy (non-hydrogen) atoms. The number of rotatable bonds is 5. The van der Waals surface area contributed by atoms with E-state index in [0.717, 1.165) is 12.8 Å². The van der Waals surface area contributed by atoms with Crippen LogP contribution in [0.5, 0.6) is 0 Å². The van der Waals surface area contributed by atoms with Gasteiger partial charge in [-0.2, -0.15) is 4.98 Å². The van der Waals surface area contributed by atoms with Crippen LogP contribution in [0.25, 0.3) is 33.9 Å². The number of aromatic nitrogens is 5. The van der Waals surface area contributed by atoms with E-state index in [0.29, 0.717) is 34.5 Å². The molecule has 0 bridgehead atoms. The van der Waals surface area contributed by atoms with Gasteiger partial charge < -0.3 is 9.51 Å². The van der Waals surface area contributed by atoms with Gasteiger partial charge in [-0.05, 0) is 36.8 Å². The number of pyridine rings is 1. The Morgan fingerprint density at radius 3 is 2.85 bits per heavy atom. The molecule has 0 atom stereocenters. The first-order valence-corrected chi connectivity index (χ1v) is 8.69. The van der Waals surface area contributed by atoms with Gasteiger partial charge in [0, 0.05) is 18.3 Å². The first-order chi connectivity index (χ1) is 13.2. The van der Waals surface area contributed by atoms with Crippen LogP contribution in [-0.2, 0) is 6.54 Å². The van der Waals surface area contributed by atoms with E-state index in [1.165, 1.54) is 4.57 Å². The Hall–Kier alpha value is -3.55. The molecule has 0 aliphatic heterocycles. The Bertz CT molecular complexity index is 1210. The molecule has 8 heteroatoms. The Morgan fingerprint density at radius 1 is 1.19 bits per heavy atom. The molecule has 0 spiro atoms. The van der Waals surface area contributed by atoms with Crippen molar-refractivity contribution in [2.75, 3.05) is 0 Å². The fourth-order valence-electron chi connectivity index (χ4n) is 2.85. The SMILES string of the molecule is CCCCn1c(=O)[nH]c2cc(-c3nc(-c4ccccn4)no3)ccc2c1=O. The van der Waals surface area contributed by atoms with E-state index in [4.69, 9.17) is 4.52 Å². The standard InChI is InChI=1S/C19H17N5O3/c1-2-3-10-24-18(25)13-8-7-12(11-15(13)21-19(24)26)17-22-16(23-27-17)14-6-4-5-9-20-14/h4-9,11H,2-3,10H2,1H3,(H,21,26). The number of hydrogen-bond acceptors (Lipinski definition) is 6. The second kappa shape index (κ2) is 6.99. The second-order valence-corrected chi connectivity index (χ2v) is 6.14. The van der Waals surface area contributed by atoms with Crippen molar-refractivity contribution in [3.8, 4) is 23.0 Å². The summed E-state index contributed by atoms with van der Waals surface area (Å²) in [5.41, 5.74) is 0.929. The van der Waals surface area contributed by atoms with Crippen LogP contribution in [0.2, 0.25) is 0 Å². The molecule has 3 heterocycles. The Kier molecular flexibility index (Phi) is 4.37. The Morgan fingerprint density at radius 2 is 2.07 bits per heavy atom. The maximum atomic E-state index is 12.6. The first kappa shape index (κ1) is 16.9. The summed E-state index contributed by atoms with van der Waals surface area (Å²) in [4.78, 5) is 36.1. The monoisotopic (exact) mass is 363 g/mol. The molecule has 4 rings (SSSR count). The van der Waals surface area contributed by atoms with Crippen molar-refractivity contribution in [3.63, 3.8) is 0 Å². The van der Waals surface area contributed by atoms with Crippen molar-refractivity contribution in [2.45, 2.75) is 26.3 Å². The molecule has 0 aliphatic carbocycles. The molecule has 136 valence electrons. The van der Waals surface area contributed by atoms with Gasteiger partial charge in [0.25, 0.3) is 11.4 Å². The molecule has 0 fully saturated rings. The molecular formula is C19H17N5O3. The molecule has 0 aliphatic rings. The number of unbranched alkanes of at least 4 members (excludes halogenated alkanes) is 1. The van der Waals surface area contributed by atoms with E-state index < -0.39 is 5.69 Å². The largest absolute Gasteiger partial charge is 0.334 e. The van der Waals surface area contributed by atoms with E-state index in [-0.39, 0.29) is 11.4 Å². The van der Waals surface area contributed by atoms with Gasteiger partial charge in [-0.1, -0.05) is 24.6 Å². The lowest BCUT2D eigenvalue weighted by molar-refractivity contribution is 0.432. The highest BCUT2D eigenvalue weighted by Gasteiger charge is 2.14. The van der Waals surface area contributed by atoms with Gasteiger partial charge in [-0.15, -0.1) is 0 Å². The zero-order chi connectivity index (χ0) is 18.8. The summed E-state index contributed by atoms with van der Waals surface area (Å²) < 4.78 is 6.55. The van der Waals surface area contributed by atoms with E-state index in [9.17, 15) is 9.59 Å². The lowest BCUT2D eigenvalue weighted by Crippen LogP contribution is -2.35. The Balaban J connectivity index is 1.75. The third-order valence-electron chi connectivity index (χ3n) is 4.28. The topological polar surface area (TPSA) is 107 Å². The van der Waals surface area contributed by atoms with Gasteiger partial charge >= 0.3 is 5.69 Å². The quantitative estimate of drug-likeness (QED) is 0.584. The predicted molar refractivity (Wildman–Crippen MR) is 100 cm³/mol. The lowest BCUT2D eigenvalue weighted by Gasteiger charge is -2.06. The van der Waals surface area contributed by atoms with Gasteiger partial charge in [-0.25, -0.2) is 4.79 Å². The first-order valence-electron chi connectivity index (χ1n) is 8.69. The van der Waals surface area contributed by atoms with E-state index in [2.05, 4.69) is 20.1 Å². The van der Waals surface area contributed by atoms with Crippen molar-refractivity contribution >= 4 is 10.9 Å². The minimum Gasteiger partial charge on any atom is -0.334 e. The average molecular weight is 363 g/mol. The van der Waals surface area contributed by atoms with Gasteiger partial charge in [0.2, 0.25) is 5.82 Å². The van der Waals surface area contributed by atoms with Crippen LogP contribution < -0.4 is 11.2 Å². The zero-order valence-electron chi connectivity index (χ0n) is 14.7. The fourth-order valence-corrected chi connectivity index (χ4v) is 2.85. The zero-order valence-corrected chi connectivity index (χ0v) is 14.7. The fraction of sp³-hybridized carbons (Fsp3) is 0.211. The molecule has 0 amide bonds. The molecule has 8 nitrogen and oxygen atoms in total. The van der Waals surface area contributed by atoms with Crippen molar-refractivity contribution in [1.82, 2.24) is 24.7 Å². The molecule has 0 saturated carbocycles. The summed E-state index contributed by atoms with van der Waals surface area (Å²) in [5.74, 6) is 0.655. The van der Waals surface area contributed by atoms with Crippen LogP contribution in [0.4, 0.5) is 0 Å². The summed E-state index contributed by atoms with van der Waals surface area (Å²) in [6.45, 7) is 2.41. The number of H-pyrrole nitrogens is 1. The van der Waals surface area contributed by atoms with E-state index in [1.54, 1.807) is 36.5 Å². The van der Waals surface area contributed by atoms with Crippen molar-refractivity contribution < 1.29 is 4.52 Å². The number of nitrogens with zero attached hydrogens (tertiary/aromatic N) is 4. The number of aromatic amines is 1. The summed E-state index contributed by atoms with van der Waals surface area (Å²) in [6.07, 6.45) is 3.32. The molecule has 1 aromatic carbocycles. The summed E-state index contributed by atoms with van der Waals surface area (Å²) in [5, 5.41) is 4.38. The molecule has 1 N–H and O–H groups in total. The maximum Gasteiger partial charge on any atom is 0.328 e. The van der Waals surface area contributed by atoms with Crippen LogP contribution in [-0.4, -0.2) is 24.7 Å².